The molecule has 23 heavy (non-hydrogen) atoms. The molecule has 2 rings (SSSR count). The summed E-state index contributed by atoms with van der Waals surface area (Å²) in [6.07, 6.45) is 8.69. The molecule has 0 radical (unpaired) electrons. The van der Waals surface area contributed by atoms with Gasteiger partial charge in [-0.3, -0.25) is 9.59 Å². The van der Waals surface area contributed by atoms with Crippen molar-refractivity contribution in [1.82, 2.24) is 10.6 Å². The van der Waals surface area contributed by atoms with Gasteiger partial charge in [0.25, 0.3) is 5.91 Å². The van der Waals surface area contributed by atoms with Gasteiger partial charge in [0.2, 0.25) is 5.91 Å². The lowest BCUT2D eigenvalue weighted by atomic mass is 10.0. The van der Waals surface area contributed by atoms with Crippen LogP contribution in [0.5, 0.6) is 0 Å². The first-order valence-corrected chi connectivity index (χ1v) is 8.88. The maximum Gasteiger partial charge on any atom is 0.251 e. The molecular weight excluding hydrogens is 288 g/mol. The van der Waals surface area contributed by atoms with Crippen molar-refractivity contribution in [3.05, 3.63) is 35.4 Å². The largest absolute Gasteiger partial charge is 0.354 e. The van der Waals surface area contributed by atoms with Gasteiger partial charge in [0, 0.05) is 12.1 Å². The van der Waals surface area contributed by atoms with Crippen LogP contribution >= 0.6 is 0 Å². The Morgan fingerprint density at radius 2 is 1.96 bits per heavy atom. The molecule has 1 fully saturated rings. The molecule has 0 aromatic heterocycles. The number of rotatable bonds is 7. The molecule has 1 aliphatic heterocycles. The van der Waals surface area contributed by atoms with Crippen LogP contribution in [0, 0.1) is 0 Å². The van der Waals surface area contributed by atoms with Crippen molar-refractivity contribution in [2.75, 3.05) is 6.54 Å². The Morgan fingerprint density at radius 3 is 2.70 bits per heavy atom. The SMILES string of the molecule is CCCCCCc1ccc(C(=O)N[C@H]2CCCCNC2=O)cc1. The molecule has 126 valence electrons. The van der Waals surface area contributed by atoms with E-state index in [2.05, 4.69) is 17.6 Å². The van der Waals surface area contributed by atoms with Crippen molar-refractivity contribution in [1.29, 1.82) is 0 Å². The number of nitrogens with one attached hydrogen (secondary N) is 2. The molecule has 0 saturated carbocycles. The normalized spacial score (nSPS) is 18.1. The van der Waals surface area contributed by atoms with Gasteiger partial charge in [0.05, 0.1) is 0 Å². The molecule has 1 aromatic carbocycles. The highest BCUT2D eigenvalue weighted by Crippen LogP contribution is 2.11. The van der Waals surface area contributed by atoms with E-state index in [4.69, 9.17) is 0 Å². The zero-order valence-electron chi connectivity index (χ0n) is 14.1. The zero-order chi connectivity index (χ0) is 16.5. The molecule has 2 N–H and O–H groups in total. The molecule has 0 spiro atoms. The molecule has 1 aromatic rings. The highest BCUT2D eigenvalue weighted by Gasteiger charge is 2.22. The van der Waals surface area contributed by atoms with Crippen LogP contribution in [0.1, 0.15) is 67.8 Å². The average molecular weight is 316 g/mol. The standard InChI is InChI=1S/C19H28N2O2/c1-2-3-4-5-8-15-10-12-16(13-11-15)18(22)21-17-9-6-7-14-20-19(17)23/h10-13,17H,2-9,14H2,1H3,(H,20,23)(H,21,22)/t17-/m0/s1. The molecule has 1 aliphatic rings. The summed E-state index contributed by atoms with van der Waals surface area (Å²) in [5.74, 6) is -0.229. The van der Waals surface area contributed by atoms with Crippen molar-refractivity contribution in [2.45, 2.75) is 64.3 Å². The first-order chi connectivity index (χ1) is 11.2. The van der Waals surface area contributed by atoms with Crippen molar-refractivity contribution >= 4 is 11.8 Å². The Balaban J connectivity index is 1.85. The molecule has 0 aliphatic carbocycles. The Labute approximate surface area is 139 Å². The highest BCUT2D eigenvalue weighted by atomic mass is 16.2. The molecular formula is C19H28N2O2. The van der Waals surface area contributed by atoms with Crippen LogP contribution < -0.4 is 10.6 Å². The van der Waals surface area contributed by atoms with E-state index in [0.717, 1.165) is 19.3 Å². The minimum atomic E-state index is -0.404. The Hall–Kier alpha value is -1.84. The third-order valence-electron chi connectivity index (χ3n) is 4.38. The maximum absolute atomic E-state index is 12.3. The summed E-state index contributed by atoms with van der Waals surface area (Å²) < 4.78 is 0. The zero-order valence-corrected chi connectivity index (χ0v) is 14.1. The number of unbranched alkanes of at least 4 members (excludes halogenated alkanes) is 3. The first-order valence-electron chi connectivity index (χ1n) is 8.88. The fourth-order valence-electron chi connectivity index (χ4n) is 2.90. The van der Waals surface area contributed by atoms with Gasteiger partial charge in [-0.2, -0.15) is 0 Å². The Kier molecular flexibility index (Phi) is 7.11. The van der Waals surface area contributed by atoms with E-state index < -0.39 is 6.04 Å². The van der Waals surface area contributed by atoms with E-state index in [-0.39, 0.29) is 11.8 Å². The van der Waals surface area contributed by atoms with Crippen LogP contribution in [0.4, 0.5) is 0 Å². The fourth-order valence-corrected chi connectivity index (χ4v) is 2.90. The van der Waals surface area contributed by atoms with Gasteiger partial charge in [-0.15, -0.1) is 0 Å². The van der Waals surface area contributed by atoms with Crippen molar-refractivity contribution in [3.8, 4) is 0 Å². The summed E-state index contributed by atoms with van der Waals surface area (Å²) in [5, 5.41) is 5.69. The number of amides is 2. The van der Waals surface area contributed by atoms with E-state index in [1.165, 1.54) is 31.2 Å². The highest BCUT2D eigenvalue weighted by molar-refractivity contribution is 5.97. The lowest BCUT2D eigenvalue weighted by molar-refractivity contribution is -0.122. The Morgan fingerprint density at radius 1 is 1.17 bits per heavy atom. The number of hydrogen-bond acceptors (Lipinski definition) is 2. The number of carbonyl (C=O) groups excluding carboxylic acids is 2. The molecule has 0 unspecified atom stereocenters. The van der Waals surface area contributed by atoms with E-state index in [1.807, 2.05) is 24.3 Å². The second-order valence-electron chi connectivity index (χ2n) is 6.32. The van der Waals surface area contributed by atoms with E-state index in [1.54, 1.807) is 0 Å². The topological polar surface area (TPSA) is 58.2 Å². The van der Waals surface area contributed by atoms with Crippen LogP contribution in [0.2, 0.25) is 0 Å². The van der Waals surface area contributed by atoms with Gasteiger partial charge in [-0.05, 0) is 49.8 Å². The third-order valence-corrected chi connectivity index (χ3v) is 4.38. The van der Waals surface area contributed by atoms with E-state index in [9.17, 15) is 9.59 Å². The average Bonchev–Trinajstić information content (AvgIpc) is 2.77. The number of benzene rings is 1. The molecule has 1 heterocycles. The first kappa shape index (κ1) is 17.5. The van der Waals surface area contributed by atoms with Crippen LogP contribution in [-0.4, -0.2) is 24.4 Å². The molecule has 2 amide bonds. The second kappa shape index (κ2) is 9.33. The van der Waals surface area contributed by atoms with Crippen LogP contribution in [-0.2, 0) is 11.2 Å². The van der Waals surface area contributed by atoms with Gasteiger partial charge >= 0.3 is 0 Å². The smallest absolute Gasteiger partial charge is 0.251 e. The third kappa shape index (κ3) is 5.70. The minimum absolute atomic E-state index is 0.0663. The molecule has 1 saturated heterocycles. The molecule has 0 bridgehead atoms. The summed E-state index contributed by atoms with van der Waals surface area (Å²) in [6.45, 7) is 2.92. The van der Waals surface area contributed by atoms with Gasteiger partial charge in [0.15, 0.2) is 0 Å². The quantitative estimate of drug-likeness (QED) is 0.759. The van der Waals surface area contributed by atoms with Gasteiger partial charge < -0.3 is 10.6 Å². The summed E-state index contributed by atoms with van der Waals surface area (Å²) in [6, 6.07) is 7.36. The lowest BCUT2D eigenvalue weighted by Gasteiger charge is -2.15. The number of carbonyl (C=O) groups is 2. The van der Waals surface area contributed by atoms with E-state index >= 15 is 0 Å². The fraction of sp³-hybridized carbons (Fsp3) is 0.579. The van der Waals surface area contributed by atoms with Crippen LogP contribution in [0.3, 0.4) is 0 Å². The second-order valence-corrected chi connectivity index (χ2v) is 6.32. The predicted octanol–water partition coefficient (Wildman–Crippen LogP) is 3.21. The van der Waals surface area contributed by atoms with Crippen LogP contribution in [0.15, 0.2) is 24.3 Å². The summed E-state index contributed by atoms with van der Waals surface area (Å²) in [7, 11) is 0. The predicted molar refractivity (Wildman–Crippen MR) is 92.4 cm³/mol. The molecule has 4 heteroatoms. The number of aryl methyl sites for hydroxylation is 1. The van der Waals surface area contributed by atoms with Gasteiger partial charge in [-0.25, -0.2) is 0 Å². The van der Waals surface area contributed by atoms with Gasteiger partial charge in [0.1, 0.15) is 6.04 Å². The van der Waals surface area contributed by atoms with Crippen molar-refractivity contribution in [2.24, 2.45) is 0 Å². The lowest BCUT2D eigenvalue weighted by Crippen LogP contribution is -2.45. The molecule has 4 nitrogen and oxygen atoms in total. The number of hydrogen-bond donors (Lipinski definition) is 2. The van der Waals surface area contributed by atoms with Crippen molar-refractivity contribution in [3.63, 3.8) is 0 Å². The monoisotopic (exact) mass is 316 g/mol. The summed E-state index contributed by atoms with van der Waals surface area (Å²) >= 11 is 0. The van der Waals surface area contributed by atoms with Crippen molar-refractivity contribution < 1.29 is 9.59 Å². The molecule has 1 atom stereocenters. The summed E-state index contributed by atoms with van der Waals surface area (Å²) in [5.41, 5.74) is 1.89. The summed E-state index contributed by atoms with van der Waals surface area (Å²) in [4.78, 5) is 24.2. The maximum atomic E-state index is 12.3. The Bertz CT molecular complexity index is 511. The van der Waals surface area contributed by atoms with Crippen LogP contribution in [0.25, 0.3) is 0 Å². The minimum Gasteiger partial charge on any atom is -0.354 e. The van der Waals surface area contributed by atoms with E-state index in [0.29, 0.717) is 18.5 Å². The van der Waals surface area contributed by atoms with Gasteiger partial charge in [-0.1, -0.05) is 38.3 Å².